The molecule has 1 aliphatic rings. The number of halogens is 1. The molecule has 0 aromatic heterocycles. The summed E-state index contributed by atoms with van der Waals surface area (Å²) in [5.74, 6) is 1.69. The largest absolute Gasteiger partial charge is 0.497 e. The fraction of sp³-hybridized carbons (Fsp3) is 0.381. The lowest BCUT2D eigenvalue weighted by molar-refractivity contribution is 0.0746. The molecular weight excluding hydrogens is 380 g/mol. The number of amides is 1. The Morgan fingerprint density at radius 1 is 1.07 bits per heavy atom. The second-order valence-corrected chi connectivity index (χ2v) is 6.81. The molecule has 0 N–H and O–H groups in total. The van der Waals surface area contributed by atoms with Crippen molar-refractivity contribution in [1.29, 1.82) is 0 Å². The van der Waals surface area contributed by atoms with Gasteiger partial charge in [0.15, 0.2) is 11.5 Å². The summed E-state index contributed by atoms with van der Waals surface area (Å²) in [6, 6.07) is 11.3. The van der Waals surface area contributed by atoms with Crippen molar-refractivity contribution in [3.8, 4) is 17.2 Å². The van der Waals surface area contributed by atoms with Gasteiger partial charge in [0.1, 0.15) is 5.75 Å². The number of anilines is 1. The van der Waals surface area contributed by atoms with Crippen molar-refractivity contribution >= 4 is 23.2 Å². The highest BCUT2D eigenvalue weighted by molar-refractivity contribution is 6.32. The number of methoxy groups -OCH3 is 2. The van der Waals surface area contributed by atoms with E-state index in [4.69, 9.17) is 25.8 Å². The zero-order chi connectivity index (χ0) is 20.1. The van der Waals surface area contributed by atoms with Gasteiger partial charge in [-0.25, -0.2) is 0 Å². The molecule has 0 radical (unpaired) electrons. The summed E-state index contributed by atoms with van der Waals surface area (Å²) in [4.78, 5) is 17.0. The minimum absolute atomic E-state index is 0.0615. The first-order valence-electron chi connectivity index (χ1n) is 9.26. The van der Waals surface area contributed by atoms with Crippen molar-refractivity contribution in [2.24, 2.45) is 0 Å². The van der Waals surface area contributed by atoms with Crippen molar-refractivity contribution in [3.05, 3.63) is 47.0 Å². The van der Waals surface area contributed by atoms with E-state index in [1.807, 2.05) is 30.0 Å². The third-order valence-electron chi connectivity index (χ3n) is 4.75. The zero-order valence-electron chi connectivity index (χ0n) is 16.4. The number of rotatable bonds is 6. The molecule has 0 saturated carbocycles. The predicted molar refractivity (Wildman–Crippen MR) is 110 cm³/mol. The fourth-order valence-corrected chi connectivity index (χ4v) is 3.55. The Morgan fingerprint density at radius 3 is 2.46 bits per heavy atom. The Kier molecular flexibility index (Phi) is 6.52. The molecule has 150 valence electrons. The molecule has 1 heterocycles. The maximum absolute atomic E-state index is 13.0. The van der Waals surface area contributed by atoms with Crippen LogP contribution in [0.15, 0.2) is 36.4 Å². The molecule has 6 nitrogen and oxygen atoms in total. The van der Waals surface area contributed by atoms with Crippen LogP contribution in [0.2, 0.25) is 5.02 Å². The van der Waals surface area contributed by atoms with Crippen molar-refractivity contribution in [3.63, 3.8) is 0 Å². The van der Waals surface area contributed by atoms with E-state index in [-0.39, 0.29) is 5.91 Å². The standard InChI is InChI=1S/C21H25ClN2O4/c1-4-28-20-18(22)12-15(13-19(20)27-3)21(25)24-10-8-23(9-11-24)16-6-5-7-17(14-16)26-2/h5-7,12-14H,4,8-11H2,1-3H3. The van der Waals surface area contributed by atoms with Gasteiger partial charge >= 0.3 is 0 Å². The van der Waals surface area contributed by atoms with E-state index in [1.165, 1.54) is 7.11 Å². The van der Waals surface area contributed by atoms with Gasteiger partial charge in [0, 0.05) is 43.5 Å². The monoisotopic (exact) mass is 404 g/mol. The van der Waals surface area contributed by atoms with Crippen molar-refractivity contribution in [1.82, 2.24) is 4.90 Å². The minimum atomic E-state index is -0.0615. The first kappa shape index (κ1) is 20.1. The highest BCUT2D eigenvalue weighted by Gasteiger charge is 2.24. The Hall–Kier alpha value is -2.60. The summed E-state index contributed by atoms with van der Waals surface area (Å²) in [6.45, 7) is 5.10. The topological polar surface area (TPSA) is 51.2 Å². The van der Waals surface area contributed by atoms with Gasteiger partial charge in [0.05, 0.1) is 25.8 Å². The van der Waals surface area contributed by atoms with Crippen LogP contribution in [0.25, 0.3) is 0 Å². The van der Waals surface area contributed by atoms with Crippen LogP contribution < -0.4 is 19.1 Å². The summed E-state index contributed by atoms with van der Waals surface area (Å²) in [5, 5.41) is 0.375. The number of hydrogen-bond donors (Lipinski definition) is 0. The first-order chi connectivity index (χ1) is 13.6. The average molecular weight is 405 g/mol. The van der Waals surface area contributed by atoms with Crippen LogP contribution in [0.1, 0.15) is 17.3 Å². The lowest BCUT2D eigenvalue weighted by atomic mass is 10.1. The van der Waals surface area contributed by atoms with Gasteiger partial charge in [0.2, 0.25) is 0 Å². The molecule has 1 fully saturated rings. The van der Waals surface area contributed by atoms with Crippen molar-refractivity contribution < 1.29 is 19.0 Å². The molecule has 0 spiro atoms. The molecule has 0 unspecified atom stereocenters. The van der Waals surface area contributed by atoms with Gasteiger partial charge in [-0.15, -0.1) is 0 Å². The molecule has 1 amide bonds. The molecule has 0 aliphatic carbocycles. The van der Waals surface area contributed by atoms with Gasteiger partial charge in [-0.05, 0) is 31.2 Å². The predicted octanol–water partition coefficient (Wildman–Crippen LogP) is 3.72. The van der Waals surface area contributed by atoms with Gasteiger partial charge < -0.3 is 24.0 Å². The smallest absolute Gasteiger partial charge is 0.254 e. The van der Waals surface area contributed by atoms with E-state index >= 15 is 0 Å². The van der Waals surface area contributed by atoms with E-state index in [0.29, 0.717) is 41.8 Å². The third-order valence-corrected chi connectivity index (χ3v) is 5.03. The molecular formula is C21H25ClN2O4. The molecule has 1 saturated heterocycles. The summed E-state index contributed by atoms with van der Waals surface area (Å²) in [6.07, 6.45) is 0. The molecule has 0 atom stereocenters. The minimum Gasteiger partial charge on any atom is -0.497 e. The number of ether oxygens (including phenoxy) is 3. The van der Waals surface area contributed by atoms with E-state index in [9.17, 15) is 4.79 Å². The van der Waals surface area contributed by atoms with Gasteiger partial charge in [-0.3, -0.25) is 4.79 Å². The SMILES string of the molecule is CCOc1c(Cl)cc(C(=O)N2CCN(c3cccc(OC)c3)CC2)cc1OC. The van der Waals surface area contributed by atoms with E-state index in [2.05, 4.69) is 11.0 Å². The Bertz CT molecular complexity index is 835. The zero-order valence-corrected chi connectivity index (χ0v) is 17.2. The Balaban J connectivity index is 1.70. The number of benzene rings is 2. The van der Waals surface area contributed by atoms with E-state index < -0.39 is 0 Å². The summed E-state index contributed by atoms with van der Waals surface area (Å²) in [7, 11) is 3.20. The molecule has 7 heteroatoms. The van der Waals surface area contributed by atoms with Crippen LogP contribution in [0.4, 0.5) is 5.69 Å². The quantitative estimate of drug-likeness (QED) is 0.734. The van der Waals surface area contributed by atoms with Crippen molar-refractivity contribution in [2.45, 2.75) is 6.92 Å². The number of hydrogen-bond acceptors (Lipinski definition) is 5. The van der Waals surface area contributed by atoms with Crippen molar-refractivity contribution in [2.75, 3.05) is 51.9 Å². The molecule has 0 bridgehead atoms. The highest BCUT2D eigenvalue weighted by atomic mass is 35.5. The van der Waals surface area contributed by atoms with E-state index in [0.717, 1.165) is 24.5 Å². The second-order valence-electron chi connectivity index (χ2n) is 6.40. The normalized spacial score (nSPS) is 14.0. The molecule has 3 rings (SSSR count). The molecule has 28 heavy (non-hydrogen) atoms. The Labute approximate surface area is 170 Å². The van der Waals surface area contributed by atoms with Crippen LogP contribution in [-0.4, -0.2) is 57.8 Å². The van der Waals surface area contributed by atoms with Crippen LogP contribution in [0.3, 0.4) is 0 Å². The van der Waals surface area contributed by atoms with Crippen LogP contribution >= 0.6 is 11.6 Å². The molecule has 1 aliphatic heterocycles. The lowest BCUT2D eigenvalue weighted by Crippen LogP contribution is -2.48. The average Bonchev–Trinajstić information content (AvgIpc) is 2.74. The van der Waals surface area contributed by atoms with Crippen LogP contribution in [0, 0.1) is 0 Å². The second kappa shape index (κ2) is 9.06. The highest BCUT2D eigenvalue weighted by Crippen LogP contribution is 2.36. The first-order valence-corrected chi connectivity index (χ1v) is 9.63. The Morgan fingerprint density at radius 2 is 1.82 bits per heavy atom. The number of carbonyl (C=O) groups is 1. The number of carbonyl (C=O) groups excluding carboxylic acids is 1. The number of nitrogens with zero attached hydrogens (tertiary/aromatic N) is 2. The fourth-order valence-electron chi connectivity index (χ4n) is 3.29. The van der Waals surface area contributed by atoms with Gasteiger partial charge in [0.25, 0.3) is 5.91 Å². The van der Waals surface area contributed by atoms with Crippen LogP contribution in [-0.2, 0) is 0 Å². The van der Waals surface area contributed by atoms with Gasteiger partial charge in [-0.1, -0.05) is 17.7 Å². The molecule has 2 aromatic carbocycles. The molecule has 2 aromatic rings. The maximum atomic E-state index is 13.0. The van der Waals surface area contributed by atoms with Crippen LogP contribution in [0.5, 0.6) is 17.2 Å². The lowest BCUT2D eigenvalue weighted by Gasteiger charge is -2.36. The maximum Gasteiger partial charge on any atom is 0.254 e. The summed E-state index contributed by atoms with van der Waals surface area (Å²) < 4.78 is 16.2. The number of piperazine rings is 1. The van der Waals surface area contributed by atoms with E-state index in [1.54, 1.807) is 19.2 Å². The summed E-state index contributed by atoms with van der Waals surface area (Å²) >= 11 is 6.31. The summed E-state index contributed by atoms with van der Waals surface area (Å²) in [5.41, 5.74) is 1.59. The van der Waals surface area contributed by atoms with Gasteiger partial charge in [-0.2, -0.15) is 0 Å². The third kappa shape index (κ3) is 4.28.